The van der Waals surface area contributed by atoms with E-state index in [1.54, 1.807) is 6.20 Å². The summed E-state index contributed by atoms with van der Waals surface area (Å²) in [6.07, 6.45) is 5.55. The zero-order valence-electron chi connectivity index (χ0n) is 12.6. The second-order valence-electron chi connectivity index (χ2n) is 5.29. The summed E-state index contributed by atoms with van der Waals surface area (Å²) in [6, 6.07) is 15.9. The van der Waals surface area contributed by atoms with Crippen molar-refractivity contribution < 1.29 is 0 Å². The normalized spacial score (nSPS) is 10.8. The number of benzene rings is 1. The van der Waals surface area contributed by atoms with E-state index in [4.69, 9.17) is 0 Å². The maximum absolute atomic E-state index is 4.65. The number of nitrogens with one attached hydrogen (secondary N) is 1. The lowest BCUT2D eigenvalue weighted by atomic mass is 9.94. The highest BCUT2D eigenvalue weighted by Gasteiger charge is 2.08. The summed E-state index contributed by atoms with van der Waals surface area (Å²) in [4.78, 5) is 13.4. The smallest absolute Gasteiger partial charge is 0.229 e. The van der Waals surface area contributed by atoms with E-state index in [9.17, 15) is 0 Å². The summed E-state index contributed by atoms with van der Waals surface area (Å²) in [5.41, 5.74) is 2.98. The van der Waals surface area contributed by atoms with Crippen LogP contribution in [-0.4, -0.2) is 27.4 Å². The number of pyridine rings is 1. The van der Waals surface area contributed by atoms with Gasteiger partial charge in [0.2, 0.25) is 5.95 Å². The van der Waals surface area contributed by atoms with Crippen LogP contribution in [0.25, 0.3) is 16.9 Å². The zero-order valence-corrected chi connectivity index (χ0v) is 12.6. The van der Waals surface area contributed by atoms with Gasteiger partial charge in [-0.15, -0.1) is 0 Å². The van der Waals surface area contributed by atoms with E-state index in [0.717, 1.165) is 28.0 Å². The molecule has 1 N–H and O–H groups in total. The molecule has 0 aliphatic carbocycles. The third-order valence-electron chi connectivity index (χ3n) is 3.71. The van der Waals surface area contributed by atoms with Crippen molar-refractivity contribution in [2.24, 2.45) is 0 Å². The van der Waals surface area contributed by atoms with E-state index in [0.29, 0.717) is 5.95 Å². The van der Waals surface area contributed by atoms with Crippen LogP contribution in [0, 0.1) is 0 Å². The van der Waals surface area contributed by atoms with E-state index >= 15 is 0 Å². The van der Waals surface area contributed by atoms with Crippen molar-refractivity contribution >= 4 is 36.0 Å². The average molecular weight is 299 g/mol. The fourth-order valence-electron chi connectivity index (χ4n) is 2.49. The van der Waals surface area contributed by atoms with Crippen LogP contribution in [0.5, 0.6) is 0 Å². The van der Waals surface area contributed by atoms with Crippen molar-refractivity contribution in [3.63, 3.8) is 0 Å². The van der Waals surface area contributed by atoms with Crippen LogP contribution in [-0.2, 0) is 0 Å². The molecule has 6 heteroatoms. The van der Waals surface area contributed by atoms with Crippen LogP contribution in [0.2, 0.25) is 0 Å². The van der Waals surface area contributed by atoms with Crippen LogP contribution in [0.3, 0.4) is 0 Å². The lowest BCUT2D eigenvalue weighted by Gasteiger charge is -2.08. The Balaban J connectivity index is 1.77. The number of hydrogen-bond acceptors (Lipinski definition) is 4. The van der Waals surface area contributed by atoms with Crippen LogP contribution >= 0.6 is 0 Å². The zero-order chi connectivity index (χ0) is 15.6. The van der Waals surface area contributed by atoms with Gasteiger partial charge in [-0.05, 0) is 24.3 Å². The molecule has 0 spiro atoms. The molecule has 1 aromatic carbocycles. The van der Waals surface area contributed by atoms with Gasteiger partial charge in [0.1, 0.15) is 13.7 Å². The largest absolute Gasteiger partial charge is 0.325 e. The molecule has 3 heterocycles. The highest BCUT2D eigenvalue weighted by atomic mass is 15.2. The van der Waals surface area contributed by atoms with Gasteiger partial charge < -0.3 is 5.32 Å². The first-order valence-corrected chi connectivity index (χ1v) is 7.39. The molecular weight excluding hydrogens is 285 g/mol. The number of fused-ring (bicyclic) bond motifs is 1. The second-order valence-corrected chi connectivity index (χ2v) is 5.29. The Morgan fingerprint density at radius 1 is 0.957 bits per heavy atom. The first-order valence-electron chi connectivity index (χ1n) is 7.39. The lowest BCUT2D eigenvalue weighted by molar-refractivity contribution is 1.02. The molecule has 23 heavy (non-hydrogen) atoms. The number of anilines is 2. The molecule has 0 atom stereocenters. The number of aromatic nitrogens is 4. The molecule has 110 valence electrons. The van der Waals surface area contributed by atoms with Crippen molar-refractivity contribution in [2.75, 3.05) is 5.32 Å². The quantitative estimate of drug-likeness (QED) is 0.586. The predicted octanol–water partition coefficient (Wildman–Crippen LogP) is 1.82. The van der Waals surface area contributed by atoms with Gasteiger partial charge in [-0.2, -0.15) is 4.98 Å². The molecule has 5 nitrogen and oxygen atoms in total. The molecule has 4 rings (SSSR count). The summed E-state index contributed by atoms with van der Waals surface area (Å²) in [5.74, 6) is 1.41. The van der Waals surface area contributed by atoms with Crippen LogP contribution in [0.4, 0.5) is 11.6 Å². The third-order valence-corrected chi connectivity index (χ3v) is 3.71. The van der Waals surface area contributed by atoms with Gasteiger partial charge in [-0.1, -0.05) is 29.7 Å². The maximum Gasteiger partial charge on any atom is 0.229 e. The molecule has 0 radical (unpaired) electrons. The monoisotopic (exact) mass is 299 g/mol. The standard InChI is InChI=1S/C17H14BN5/c18-13-5-1-2-6-14(13)21-17-20-11-12-8-10-23(16(12)22-17)15-7-3-4-9-19-15/h1-11H,18H2,(H,20,21,22). The minimum atomic E-state index is 0.572. The van der Waals surface area contributed by atoms with E-state index < -0.39 is 0 Å². The van der Waals surface area contributed by atoms with Gasteiger partial charge in [0.25, 0.3) is 0 Å². The Kier molecular flexibility index (Phi) is 3.27. The molecule has 4 aromatic rings. The molecule has 0 aliphatic rings. The van der Waals surface area contributed by atoms with Crippen LogP contribution < -0.4 is 10.8 Å². The molecule has 3 aromatic heterocycles. The Hall–Kier alpha value is -3.15. The van der Waals surface area contributed by atoms with Gasteiger partial charge in [-0.25, -0.2) is 9.97 Å². The molecule has 0 saturated heterocycles. The van der Waals surface area contributed by atoms with Crippen LogP contribution in [0.1, 0.15) is 0 Å². The molecule has 0 aliphatic heterocycles. The first kappa shape index (κ1) is 13.5. The van der Waals surface area contributed by atoms with Crippen LogP contribution in [0.15, 0.2) is 67.1 Å². The summed E-state index contributed by atoms with van der Waals surface area (Å²) in [7, 11) is 2.05. The fourth-order valence-corrected chi connectivity index (χ4v) is 2.49. The first-order chi connectivity index (χ1) is 11.3. The van der Waals surface area contributed by atoms with Gasteiger partial charge >= 0.3 is 0 Å². The minimum Gasteiger partial charge on any atom is -0.325 e. The average Bonchev–Trinajstić information content (AvgIpc) is 3.01. The van der Waals surface area contributed by atoms with E-state index in [1.807, 2.05) is 59.4 Å². The van der Waals surface area contributed by atoms with Crippen molar-refractivity contribution in [1.29, 1.82) is 0 Å². The minimum absolute atomic E-state index is 0.572. The van der Waals surface area contributed by atoms with Gasteiger partial charge in [0.15, 0.2) is 5.65 Å². The Bertz CT molecular complexity index is 965. The number of nitrogens with zero attached hydrogens (tertiary/aromatic N) is 4. The molecule has 0 fully saturated rings. The predicted molar refractivity (Wildman–Crippen MR) is 94.6 cm³/mol. The third kappa shape index (κ3) is 2.55. The Morgan fingerprint density at radius 3 is 2.65 bits per heavy atom. The van der Waals surface area contributed by atoms with Crippen molar-refractivity contribution in [1.82, 2.24) is 19.5 Å². The van der Waals surface area contributed by atoms with Gasteiger partial charge in [0.05, 0.1) is 0 Å². The molecule has 0 bridgehead atoms. The Morgan fingerprint density at radius 2 is 1.83 bits per heavy atom. The molecule has 0 saturated carbocycles. The highest BCUT2D eigenvalue weighted by molar-refractivity contribution is 6.35. The van der Waals surface area contributed by atoms with E-state index in [1.165, 1.54) is 0 Å². The fraction of sp³-hybridized carbons (Fsp3) is 0. The van der Waals surface area contributed by atoms with E-state index in [-0.39, 0.29) is 0 Å². The number of rotatable bonds is 3. The molecular formula is C17H14BN5. The van der Waals surface area contributed by atoms with Crippen molar-refractivity contribution in [3.05, 3.63) is 67.1 Å². The van der Waals surface area contributed by atoms with E-state index in [2.05, 4.69) is 34.2 Å². The summed E-state index contributed by atoms with van der Waals surface area (Å²) >= 11 is 0. The Labute approximate surface area is 134 Å². The number of hydrogen-bond donors (Lipinski definition) is 1. The summed E-state index contributed by atoms with van der Waals surface area (Å²) in [5, 5.41) is 4.25. The lowest BCUT2D eigenvalue weighted by Crippen LogP contribution is -2.10. The summed E-state index contributed by atoms with van der Waals surface area (Å²) in [6.45, 7) is 0. The topological polar surface area (TPSA) is 55.6 Å². The maximum atomic E-state index is 4.65. The molecule has 0 unspecified atom stereocenters. The van der Waals surface area contributed by atoms with Gasteiger partial charge in [-0.3, -0.25) is 4.57 Å². The van der Waals surface area contributed by atoms with Crippen molar-refractivity contribution in [2.45, 2.75) is 0 Å². The molecule has 0 amide bonds. The number of para-hydroxylation sites is 1. The highest BCUT2D eigenvalue weighted by Crippen LogP contribution is 2.19. The van der Waals surface area contributed by atoms with Gasteiger partial charge in [0, 0.05) is 29.7 Å². The summed E-state index contributed by atoms with van der Waals surface area (Å²) < 4.78 is 1.96. The SMILES string of the molecule is Bc1ccccc1Nc1ncc2ccn(-c3ccccn3)c2n1. The second kappa shape index (κ2) is 5.57. The van der Waals surface area contributed by atoms with Crippen molar-refractivity contribution in [3.8, 4) is 5.82 Å².